The zero-order chi connectivity index (χ0) is 9.23. The third kappa shape index (κ3) is 3.08. The van der Waals surface area contributed by atoms with Crippen LogP contribution in [0.5, 0.6) is 0 Å². The van der Waals surface area contributed by atoms with Gasteiger partial charge in [-0.1, -0.05) is 41.5 Å². The van der Waals surface area contributed by atoms with E-state index in [9.17, 15) is 4.80 Å². The molecule has 0 bridgehead atoms. The predicted molar refractivity (Wildman–Crippen MR) is 53.3 cm³/mol. The second kappa shape index (κ2) is 5.72. The van der Waals surface area contributed by atoms with Crippen molar-refractivity contribution in [1.82, 2.24) is 0 Å². The fourth-order valence-corrected chi connectivity index (χ4v) is 6.00. The van der Waals surface area contributed by atoms with Gasteiger partial charge in [0.2, 0.25) is 0 Å². The van der Waals surface area contributed by atoms with E-state index in [4.69, 9.17) is 0 Å². The fraction of sp³-hybridized carbons (Fsp3) is 1.00. The summed E-state index contributed by atoms with van der Waals surface area (Å²) in [6.07, 6.45) is 0. The van der Waals surface area contributed by atoms with Gasteiger partial charge in [0.25, 0.3) is 0 Å². The Labute approximate surface area is 97.2 Å². The molecule has 0 aromatic rings. The van der Waals surface area contributed by atoms with Gasteiger partial charge >= 0.3 is 0 Å². The van der Waals surface area contributed by atoms with Gasteiger partial charge < -0.3 is 4.80 Å². The Morgan fingerprint density at radius 3 is 0.917 bits per heavy atom. The van der Waals surface area contributed by atoms with Crippen molar-refractivity contribution in [2.24, 2.45) is 0 Å². The molecule has 0 aliphatic carbocycles. The standard InChI is InChI=1S/C9H22OSi.Zr/c1-7(2)11(10,8(3)4)9(5)6;/h7-10H,1-6H3;. The van der Waals surface area contributed by atoms with Crippen LogP contribution in [0.15, 0.2) is 0 Å². The maximum absolute atomic E-state index is 10.4. The van der Waals surface area contributed by atoms with E-state index in [2.05, 4.69) is 41.5 Å². The topological polar surface area (TPSA) is 20.2 Å². The van der Waals surface area contributed by atoms with Gasteiger partial charge in [0.15, 0.2) is 8.32 Å². The summed E-state index contributed by atoms with van der Waals surface area (Å²) in [6.45, 7) is 12.9. The van der Waals surface area contributed by atoms with E-state index in [1.807, 2.05) is 0 Å². The summed E-state index contributed by atoms with van der Waals surface area (Å²) in [5.41, 5.74) is 1.42. The van der Waals surface area contributed by atoms with Gasteiger partial charge in [-0.05, 0) is 16.6 Å². The summed E-state index contributed by atoms with van der Waals surface area (Å²) in [4.78, 5) is 10.4. The summed E-state index contributed by atoms with van der Waals surface area (Å²) >= 11 is 0. The summed E-state index contributed by atoms with van der Waals surface area (Å²) < 4.78 is 0. The van der Waals surface area contributed by atoms with Crippen LogP contribution in [0.3, 0.4) is 0 Å². The van der Waals surface area contributed by atoms with E-state index in [-0.39, 0.29) is 26.2 Å². The van der Waals surface area contributed by atoms with Crippen molar-refractivity contribution in [2.75, 3.05) is 0 Å². The molecule has 0 heterocycles. The normalized spacial score (nSPS) is 12.5. The smallest absolute Gasteiger partial charge is 0.196 e. The van der Waals surface area contributed by atoms with Crippen LogP contribution in [0.25, 0.3) is 0 Å². The number of rotatable bonds is 3. The van der Waals surface area contributed by atoms with Crippen molar-refractivity contribution in [3.63, 3.8) is 0 Å². The molecule has 0 spiro atoms. The van der Waals surface area contributed by atoms with Gasteiger partial charge in [0.05, 0.1) is 0 Å². The third-order valence-electron chi connectivity index (χ3n) is 2.77. The van der Waals surface area contributed by atoms with E-state index in [1.165, 1.54) is 0 Å². The molecule has 12 heavy (non-hydrogen) atoms. The Bertz CT molecular complexity index is 102. The summed E-state index contributed by atoms with van der Waals surface area (Å²) in [5, 5.41) is 0. The Morgan fingerprint density at radius 1 is 0.750 bits per heavy atom. The average Bonchev–Trinajstić information content (AvgIpc) is 1.84. The van der Waals surface area contributed by atoms with Crippen molar-refractivity contribution in [3.8, 4) is 0 Å². The number of hydrogen-bond acceptors (Lipinski definition) is 1. The maximum atomic E-state index is 10.4. The molecule has 0 amide bonds. The van der Waals surface area contributed by atoms with Gasteiger partial charge in [-0.2, -0.15) is 0 Å². The SMILES string of the molecule is CC(C)[Si](O)(C(C)C)C(C)C.[Zr]. The minimum atomic E-state index is -1.98. The second-order valence-corrected chi connectivity index (χ2v) is 9.59. The monoisotopic (exact) mass is 264 g/mol. The van der Waals surface area contributed by atoms with Crippen LogP contribution >= 0.6 is 0 Å². The molecular weight excluding hydrogens is 243 g/mol. The van der Waals surface area contributed by atoms with E-state index in [1.54, 1.807) is 0 Å². The molecule has 0 radical (unpaired) electrons. The summed E-state index contributed by atoms with van der Waals surface area (Å²) in [7, 11) is -1.98. The van der Waals surface area contributed by atoms with Crippen LogP contribution in [0.2, 0.25) is 16.6 Å². The molecule has 1 N–H and O–H groups in total. The van der Waals surface area contributed by atoms with Crippen molar-refractivity contribution in [3.05, 3.63) is 0 Å². The fourth-order valence-electron chi connectivity index (χ4n) is 2.00. The van der Waals surface area contributed by atoms with Gasteiger partial charge in [-0.15, -0.1) is 0 Å². The molecule has 0 fully saturated rings. The van der Waals surface area contributed by atoms with Gasteiger partial charge in [0, 0.05) is 26.2 Å². The van der Waals surface area contributed by atoms with Gasteiger partial charge in [-0.3, -0.25) is 0 Å². The van der Waals surface area contributed by atoms with E-state index >= 15 is 0 Å². The summed E-state index contributed by atoms with van der Waals surface area (Å²) in [6, 6.07) is 0. The van der Waals surface area contributed by atoms with Crippen molar-refractivity contribution >= 4 is 8.32 Å². The zero-order valence-corrected chi connectivity index (χ0v) is 12.6. The van der Waals surface area contributed by atoms with Gasteiger partial charge in [-0.25, -0.2) is 0 Å². The Hall–Kier alpha value is 1.06. The second-order valence-electron chi connectivity index (χ2n) is 4.35. The van der Waals surface area contributed by atoms with Crippen LogP contribution in [0.1, 0.15) is 41.5 Å². The molecule has 3 heteroatoms. The molecule has 0 atom stereocenters. The average molecular weight is 266 g/mol. The first-order chi connectivity index (χ1) is 4.83. The van der Waals surface area contributed by atoms with Gasteiger partial charge in [0.1, 0.15) is 0 Å². The van der Waals surface area contributed by atoms with Crippen molar-refractivity contribution in [1.29, 1.82) is 0 Å². The maximum Gasteiger partial charge on any atom is 0.196 e. The van der Waals surface area contributed by atoms with Crippen LogP contribution in [-0.4, -0.2) is 13.1 Å². The van der Waals surface area contributed by atoms with Crippen LogP contribution < -0.4 is 0 Å². The first kappa shape index (κ1) is 15.5. The molecule has 1 nitrogen and oxygen atoms in total. The van der Waals surface area contributed by atoms with Crippen molar-refractivity contribution < 1.29 is 31.0 Å². The Balaban J connectivity index is 0. The Morgan fingerprint density at radius 2 is 0.917 bits per heavy atom. The zero-order valence-electron chi connectivity index (χ0n) is 9.18. The first-order valence-corrected chi connectivity index (χ1v) is 6.73. The molecule has 0 saturated heterocycles. The molecule has 0 saturated carbocycles. The third-order valence-corrected chi connectivity index (χ3v) is 8.32. The predicted octanol–water partition coefficient (Wildman–Crippen LogP) is 3.15. The molecule has 0 unspecified atom stereocenters. The van der Waals surface area contributed by atoms with Crippen LogP contribution in [0, 0.1) is 0 Å². The molecule has 0 aliphatic heterocycles. The number of hydrogen-bond donors (Lipinski definition) is 1. The van der Waals surface area contributed by atoms with E-state index in [0.29, 0.717) is 16.6 Å². The van der Waals surface area contributed by atoms with E-state index < -0.39 is 8.32 Å². The molecule has 0 aromatic heterocycles. The molecule has 72 valence electrons. The van der Waals surface area contributed by atoms with E-state index in [0.717, 1.165) is 0 Å². The minimum Gasteiger partial charge on any atom is -0.431 e. The molecule has 0 aromatic carbocycles. The van der Waals surface area contributed by atoms with Crippen LogP contribution in [0.4, 0.5) is 0 Å². The first-order valence-electron chi connectivity index (χ1n) is 4.55. The van der Waals surface area contributed by atoms with Crippen molar-refractivity contribution in [2.45, 2.75) is 58.2 Å². The molecule has 0 aliphatic rings. The van der Waals surface area contributed by atoms with Crippen LogP contribution in [-0.2, 0) is 26.2 Å². The minimum absolute atomic E-state index is 0. The Kier molecular flexibility index (Phi) is 7.40. The molecular formula is C9H22OSiZr. The quantitative estimate of drug-likeness (QED) is 0.777. The molecule has 0 rings (SSSR count). The largest absolute Gasteiger partial charge is 0.431 e. The summed E-state index contributed by atoms with van der Waals surface area (Å²) in [5.74, 6) is 0.